The molecule has 6 nitrogen and oxygen atoms in total. The van der Waals surface area contributed by atoms with Gasteiger partial charge in [-0.25, -0.2) is 9.36 Å². The van der Waals surface area contributed by atoms with Crippen LogP contribution in [-0.4, -0.2) is 15.5 Å². The lowest BCUT2D eigenvalue weighted by Gasteiger charge is -2.15. The SMILES string of the molecule is Cc1cc2c(=O)n(C(C)C(=O)Nc3cccc(Cl)c3C)c(=O)[nH]c2s1. The van der Waals surface area contributed by atoms with Crippen LogP contribution < -0.4 is 16.6 Å². The zero-order valence-electron chi connectivity index (χ0n) is 13.8. The predicted octanol–water partition coefficient (Wildman–Crippen LogP) is 3.22. The van der Waals surface area contributed by atoms with E-state index in [1.165, 1.54) is 18.3 Å². The number of aromatic amines is 1. The van der Waals surface area contributed by atoms with Gasteiger partial charge in [0.2, 0.25) is 5.91 Å². The molecule has 3 rings (SSSR count). The molecular weight excluding hydrogens is 362 g/mol. The van der Waals surface area contributed by atoms with Crippen LogP contribution in [0, 0.1) is 13.8 Å². The number of fused-ring (bicyclic) bond motifs is 1. The maximum Gasteiger partial charge on any atom is 0.330 e. The first-order chi connectivity index (χ1) is 11.8. The van der Waals surface area contributed by atoms with Crippen LogP contribution in [0.1, 0.15) is 23.4 Å². The maximum absolute atomic E-state index is 12.6. The van der Waals surface area contributed by atoms with Crippen molar-refractivity contribution in [2.45, 2.75) is 26.8 Å². The molecule has 0 fully saturated rings. The molecule has 1 unspecified atom stereocenters. The highest BCUT2D eigenvalue weighted by Crippen LogP contribution is 2.24. The molecule has 0 aliphatic carbocycles. The molecule has 0 bridgehead atoms. The number of nitrogens with one attached hydrogen (secondary N) is 2. The first kappa shape index (κ1) is 17.4. The number of H-pyrrole nitrogens is 1. The third-order valence-electron chi connectivity index (χ3n) is 4.04. The van der Waals surface area contributed by atoms with Gasteiger partial charge in [0.05, 0.1) is 5.39 Å². The average molecular weight is 378 g/mol. The van der Waals surface area contributed by atoms with Crippen LogP contribution in [-0.2, 0) is 4.79 Å². The van der Waals surface area contributed by atoms with Gasteiger partial charge in [0.25, 0.3) is 5.56 Å². The molecule has 0 saturated carbocycles. The molecule has 2 N–H and O–H groups in total. The highest BCUT2D eigenvalue weighted by molar-refractivity contribution is 7.18. The van der Waals surface area contributed by atoms with Crippen LogP contribution in [0.25, 0.3) is 10.2 Å². The van der Waals surface area contributed by atoms with Gasteiger partial charge in [0.15, 0.2) is 0 Å². The second-order valence-electron chi connectivity index (χ2n) is 5.78. The van der Waals surface area contributed by atoms with Crippen molar-refractivity contribution in [3.05, 3.63) is 60.6 Å². The summed E-state index contributed by atoms with van der Waals surface area (Å²) in [5.41, 5.74) is 0.176. The Hall–Kier alpha value is -2.38. The number of halogens is 1. The normalized spacial score (nSPS) is 12.3. The van der Waals surface area contributed by atoms with Crippen molar-refractivity contribution < 1.29 is 4.79 Å². The second kappa shape index (κ2) is 6.50. The minimum atomic E-state index is -0.973. The van der Waals surface area contributed by atoms with Gasteiger partial charge in [-0.05, 0) is 44.5 Å². The average Bonchev–Trinajstić information content (AvgIpc) is 2.92. The molecule has 8 heteroatoms. The lowest BCUT2D eigenvalue weighted by atomic mass is 10.2. The number of anilines is 1. The standard InChI is InChI=1S/C17H16ClN3O3S/c1-8-7-11-15(25-8)20-17(24)21(16(11)23)10(3)14(22)19-13-6-4-5-12(18)9(13)2/h4-7,10H,1-3H3,(H,19,22)(H,20,24). The molecule has 3 aromatic rings. The fourth-order valence-corrected chi connectivity index (χ4v) is 3.66. The third-order valence-corrected chi connectivity index (χ3v) is 5.41. The highest BCUT2D eigenvalue weighted by Gasteiger charge is 2.21. The van der Waals surface area contributed by atoms with Gasteiger partial charge in [0, 0.05) is 15.6 Å². The van der Waals surface area contributed by atoms with E-state index < -0.39 is 23.2 Å². The predicted molar refractivity (Wildman–Crippen MR) is 101 cm³/mol. The summed E-state index contributed by atoms with van der Waals surface area (Å²) in [6.07, 6.45) is 0. The summed E-state index contributed by atoms with van der Waals surface area (Å²) >= 11 is 7.38. The van der Waals surface area contributed by atoms with E-state index >= 15 is 0 Å². The largest absolute Gasteiger partial charge is 0.330 e. The van der Waals surface area contributed by atoms with Crippen molar-refractivity contribution in [3.63, 3.8) is 0 Å². The Kier molecular flexibility index (Phi) is 4.53. The van der Waals surface area contributed by atoms with Gasteiger partial charge in [0.1, 0.15) is 10.9 Å². The number of carbonyl (C=O) groups excluding carboxylic acids is 1. The van der Waals surface area contributed by atoms with E-state index in [0.717, 1.165) is 15.0 Å². The van der Waals surface area contributed by atoms with Crippen LogP contribution in [0.15, 0.2) is 33.9 Å². The Morgan fingerprint density at radius 2 is 2.04 bits per heavy atom. The Morgan fingerprint density at radius 3 is 2.76 bits per heavy atom. The van der Waals surface area contributed by atoms with Crippen molar-refractivity contribution in [3.8, 4) is 0 Å². The topological polar surface area (TPSA) is 84.0 Å². The number of thiophene rings is 1. The number of aryl methyl sites for hydroxylation is 1. The number of aromatic nitrogens is 2. The summed E-state index contributed by atoms with van der Waals surface area (Å²) in [6.45, 7) is 5.14. The minimum absolute atomic E-state index is 0.403. The zero-order valence-corrected chi connectivity index (χ0v) is 15.4. The fourth-order valence-electron chi connectivity index (χ4n) is 2.59. The van der Waals surface area contributed by atoms with Crippen molar-refractivity contribution in [1.82, 2.24) is 9.55 Å². The van der Waals surface area contributed by atoms with Gasteiger partial charge in [-0.15, -0.1) is 11.3 Å². The van der Waals surface area contributed by atoms with Crippen LogP contribution in [0.4, 0.5) is 5.69 Å². The van der Waals surface area contributed by atoms with Crippen molar-refractivity contribution in [2.75, 3.05) is 5.32 Å². The monoisotopic (exact) mass is 377 g/mol. The first-order valence-corrected chi connectivity index (χ1v) is 8.80. The highest BCUT2D eigenvalue weighted by atomic mass is 35.5. The molecule has 0 aliphatic heterocycles. The lowest BCUT2D eigenvalue weighted by Crippen LogP contribution is -2.41. The van der Waals surface area contributed by atoms with E-state index in [9.17, 15) is 14.4 Å². The molecule has 2 heterocycles. The number of hydrogen-bond acceptors (Lipinski definition) is 4. The Labute approximate surface area is 152 Å². The molecule has 130 valence electrons. The fraction of sp³-hybridized carbons (Fsp3) is 0.235. The van der Waals surface area contributed by atoms with E-state index in [2.05, 4.69) is 10.3 Å². The maximum atomic E-state index is 12.6. The Morgan fingerprint density at radius 1 is 1.32 bits per heavy atom. The lowest BCUT2D eigenvalue weighted by molar-refractivity contribution is -0.119. The molecule has 0 aliphatic rings. The van der Waals surface area contributed by atoms with Gasteiger partial charge in [-0.3, -0.25) is 14.6 Å². The molecule has 0 saturated heterocycles. The van der Waals surface area contributed by atoms with Gasteiger partial charge < -0.3 is 5.32 Å². The summed E-state index contributed by atoms with van der Waals surface area (Å²) in [5, 5.41) is 3.65. The summed E-state index contributed by atoms with van der Waals surface area (Å²) in [7, 11) is 0. The summed E-state index contributed by atoms with van der Waals surface area (Å²) in [5.74, 6) is -0.468. The summed E-state index contributed by atoms with van der Waals surface area (Å²) < 4.78 is 0.934. The van der Waals surface area contributed by atoms with Crippen LogP contribution >= 0.6 is 22.9 Å². The number of amides is 1. The van der Waals surface area contributed by atoms with Gasteiger partial charge in [-0.1, -0.05) is 17.7 Å². The molecule has 0 radical (unpaired) electrons. The van der Waals surface area contributed by atoms with Crippen LogP contribution in [0.2, 0.25) is 5.02 Å². The second-order valence-corrected chi connectivity index (χ2v) is 7.45. The Bertz CT molecular complexity index is 1100. The third kappa shape index (κ3) is 3.12. The number of rotatable bonds is 3. The zero-order chi connectivity index (χ0) is 18.3. The summed E-state index contributed by atoms with van der Waals surface area (Å²) in [4.78, 5) is 41.6. The van der Waals surface area contributed by atoms with Gasteiger partial charge >= 0.3 is 5.69 Å². The molecule has 1 aromatic carbocycles. The number of hydrogen-bond donors (Lipinski definition) is 2. The number of benzene rings is 1. The van der Waals surface area contributed by atoms with Crippen molar-refractivity contribution in [2.24, 2.45) is 0 Å². The van der Waals surface area contributed by atoms with Crippen LogP contribution in [0.3, 0.4) is 0 Å². The van der Waals surface area contributed by atoms with Crippen LogP contribution in [0.5, 0.6) is 0 Å². The van der Waals surface area contributed by atoms with Crippen molar-refractivity contribution in [1.29, 1.82) is 0 Å². The van der Waals surface area contributed by atoms with E-state index in [4.69, 9.17) is 11.6 Å². The molecule has 0 spiro atoms. The Balaban J connectivity index is 2.00. The number of carbonyl (C=O) groups is 1. The first-order valence-electron chi connectivity index (χ1n) is 7.60. The minimum Gasteiger partial charge on any atom is -0.324 e. The molecule has 1 amide bonds. The van der Waals surface area contributed by atoms with Gasteiger partial charge in [-0.2, -0.15) is 0 Å². The van der Waals surface area contributed by atoms with Crippen molar-refractivity contribution >= 4 is 44.7 Å². The molecule has 2 aromatic heterocycles. The van der Waals surface area contributed by atoms with E-state index in [-0.39, 0.29) is 0 Å². The smallest absolute Gasteiger partial charge is 0.324 e. The summed E-state index contributed by atoms with van der Waals surface area (Å²) in [6, 6.07) is 5.89. The molecule has 1 atom stereocenters. The number of nitrogens with zero attached hydrogens (tertiary/aromatic N) is 1. The quantitative estimate of drug-likeness (QED) is 0.735. The van der Waals surface area contributed by atoms with E-state index in [1.54, 1.807) is 31.2 Å². The van der Waals surface area contributed by atoms with E-state index in [0.29, 0.717) is 20.9 Å². The molecular formula is C17H16ClN3O3S. The van der Waals surface area contributed by atoms with E-state index in [1.807, 2.05) is 6.92 Å². The molecule has 25 heavy (non-hydrogen) atoms.